The van der Waals surface area contributed by atoms with Gasteiger partial charge in [0, 0.05) is 31.4 Å². The Morgan fingerprint density at radius 1 is 0.969 bits per heavy atom. The molecule has 1 aliphatic carbocycles. The zero-order valence-electron chi connectivity index (χ0n) is 18.9. The largest absolute Gasteiger partial charge is 0.490 e. The molecule has 1 N–H and O–H groups in total. The summed E-state index contributed by atoms with van der Waals surface area (Å²) >= 11 is 0. The maximum Gasteiger partial charge on any atom is 0.225 e. The summed E-state index contributed by atoms with van der Waals surface area (Å²) in [6.45, 7) is 4.97. The van der Waals surface area contributed by atoms with Gasteiger partial charge in [0.2, 0.25) is 5.91 Å². The molecular weight excluding hydrogens is 398 g/mol. The maximum absolute atomic E-state index is 13.2. The van der Waals surface area contributed by atoms with Crippen LogP contribution in [0.3, 0.4) is 0 Å². The molecule has 0 aromatic heterocycles. The minimum Gasteiger partial charge on any atom is -0.490 e. The predicted octanol–water partition coefficient (Wildman–Crippen LogP) is 3.88. The summed E-state index contributed by atoms with van der Waals surface area (Å²) in [5.74, 6) is 1.23. The van der Waals surface area contributed by atoms with Gasteiger partial charge >= 0.3 is 0 Å². The first-order chi connectivity index (χ1) is 15.7. The van der Waals surface area contributed by atoms with Crippen LogP contribution in [0.5, 0.6) is 5.75 Å². The summed E-state index contributed by atoms with van der Waals surface area (Å²) in [5.41, 5.74) is 2.47. The van der Waals surface area contributed by atoms with E-state index in [2.05, 4.69) is 63.6 Å². The van der Waals surface area contributed by atoms with Gasteiger partial charge in [0.25, 0.3) is 0 Å². The van der Waals surface area contributed by atoms with Gasteiger partial charge in [0.05, 0.1) is 12.0 Å². The molecule has 1 saturated carbocycles. The van der Waals surface area contributed by atoms with E-state index in [0.717, 1.165) is 51.3 Å². The quantitative estimate of drug-likeness (QED) is 0.652. The van der Waals surface area contributed by atoms with E-state index in [1.54, 1.807) is 0 Å². The fraction of sp³-hybridized carbons (Fsp3) is 0.519. The van der Waals surface area contributed by atoms with Crippen LogP contribution in [0, 0.1) is 5.92 Å². The monoisotopic (exact) mass is 433 g/mol. The van der Waals surface area contributed by atoms with Gasteiger partial charge in [0.1, 0.15) is 5.75 Å². The first kappa shape index (κ1) is 21.3. The Kier molecular flexibility index (Phi) is 6.63. The van der Waals surface area contributed by atoms with Crippen LogP contribution in [-0.2, 0) is 11.2 Å². The lowest BCUT2D eigenvalue weighted by molar-refractivity contribution is -0.125. The van der Waals surface area contributed by atoms with Crippen molar-refractivity contribution in [3.63, 3.8) is 0 Å². The van der Waals surface area contributed by atoms with Crippen molar-refractivity contribution in [1.82, 2.24) is 10.2 Å². The van der Waals surface area contributed by atoms with Crippen LogP contribution in [0.1, 0.15) is 37.7 Å². The lowest BCUT2D eigenvalue weighted by atomic mass is 10.0. The van der Waals surface area contributed by atoms with E-state index >= 15 is 0 Å². The zero-order chi connectivity index (χ0) is 21.8. The van der Waals surface area contributed by atoms with Gasteiger partial charge in [-0.15, -0.1) is 0 Å². The maximum atomic E-state index is 13.2. The van der Waals surface area contributed by atoms with Gasteiger partial charge in [0.15, 0.2) is 0 Å². The Morgan fingerprint density at radius 3 is 2.44 bits per heavy atom. The number of carbonyl (C=O) groups excluding carboxylic acids is 1. The van der Waals surface area contributed by atoms with E-state index in [4.69, 9.17) is 4.74 Å². The van der Waals surface area contributed by atoms with E-state index in [1.807, 2.05) is 6.07 Å². The van der Waals surface area contributed by atoms with E-state index in [9.17, 15) is 4.79 Å². The topological polar surface area (TPSA) is 44.8 Å². The van der Waals surface area contributed by atoms with Crippen molar-refractivity contribution >= 4 is 11.6 Å². The number of nitrogens with zero attached hydrogens (tertiary/aromatic N) is 2. The van der Waals surface area contributed by atoms with Gasteiger partial charge in [-0.2, -0.15) is 0 Å². The number of nitrogens with one attached hydrogen (secondary N) is 1. The number of hydrogen-bond donors (Lipinski definition) is 1. The third-order valence-electron chi connectivity index (χ3n) is 6.94. The standard InChI is InChI=1S/C27H35N3O2/c31-27(22-14-17-30(19-22)24-6-2-1-3-7-24)28-23(20-29-15-4-5-16-29)18-21-8-10-25(11-9-21)32-26-12-13-26/h1-3,6-11,22-23,26H,4-5,12-20H2,(H,28,31)/t22-,23?/m1/s1. The number of para-hydroxylation sites is 1. The number of carbonyl (C=O) groups is 1. The Bertz CT molecular complexity index is 876. The van der Waals surface area contributed by atoms with Crippen molar-refractivity contribution < 1.29 is 9.53 Å². The number of likely N-dealkylation sites (tertiary alicyclic amines) is 1. The summed E-state index contributed by atoms with van der Waals surface area (Å²) < 4.78 is 5.89. The molecule has 2 atom stereocenters. The molecule has 2 heterocycles. The molecule has 2 aromatic rings. The van der Waals surface area contributed by atoms with Crippen LogP contribution in [0.4, 0.5) is 5.69 Å². The minimum atomic E-state index is 0.0607. The highest BCUT2D eigenvalue weighted by atomic mass is 16.5. The summed E-state index contributed by atoms with van der Waals surface area (Å²) in [5, 5.41) is 3.42. The second kappa shape index (κ2) is 9.95. The molecule has 0 spiro atoms. The molecule has 5 nitrogen and oxygen atoms in total. The molecular formula is C27H35N3O2. The van der Waals surface area contributed by atoms with Crippen molar-refractivity contribution in [2.45, 2.75) is 50.7 Å². The van der Waals surface area contributed by atoms with E-state index in [-0.39, 0.29) is 17.9 Å². The zero-order valence-corrected chi connectivity index (χ0v) is 18.9. The van der Waals surface area contributed by atoms with Crippen LogP contribution in [0.25, 0.3) is 0 Å². The van der Waals surface area contributed by atoms with Crippen LogP contribution in [-0.4, -0.2) is 55.7 Å². The van der Waals surface area contributed by atoms with E-state index < -0.39 is 0 Å². The second-order valence-corrected chi connectivity index (χ2v) is 9.65. The number of amides is 1. The van der Waals surface area contributed by atoms with Crippen molar-refractivity contribution in [1.29, 1.82) is 0 Å². The number of rotatable bonds is 9. The number of benzene rings is 2. The fourth-order valence-corrected chi connectivity index (χ4v) is 4.97. The SMILES string of the molecule is O=C(NC(Cc1ccc(OC2CC2)cc1)CN1CCCC1)[C@@H]1CCN(c2ccccc2)C1. The number of hydrogen-bond acceptors (Lipinski definition) is 4. The smallest absolute Gasteiger partial charge is 0.225 e. The molecule has 1 amide bonds. The molecule has 1 unspecified atom stereocenters. The molecule has 0 bridgehead atoms. The first-order valence-electron chi connectivity index (χ1n) is 12.3. The lowest BCUT2D eigenvalue weighted by Gasteiger charge is -2.26. The van der Waals surface area contributed by atoms with Gasteiger partial charge in [-0.1, -0.05) is 30.3 Å². The second-order valence-electron chi connectivity index (χ2n) is 9.65. The normalized spacial score (nSPS) is 22.1. The molecule has 0 radical (unpaired) electrons. The third kappa shape index (κ3) is 5.63. The number of ether oxygens (including phenoxy) is 1. The van der Waals surface area contributed by atoms with Gasteiger partial charge in [-0.25, -0.2) is 0 Å². The molecule has 3 fully saturated rings. The Balaban J connectivity index is 1.20. The summed E-state index contributed by atoms with van der Waals surface area (Å²) in [6.07, 6.45) is 7.09. The van der Waals surface area contributed by atoms with Gasteiger partial charge in [-0.3, -0.25) is 4.79 Å². The average molecular weight is 434 g/mol. The predicted molar refractivity (Wildman–Crippen MR) is 128 cm³/mol. The van der Waals surface area contributed by atoms with Crippen molar-refractivity contribution in [3.8, 4) is 5.75 Å². The average Bonchev–Trinajstić information content (AvgIpc) is 3.26. The molecule has 3 aliphatic rings. The minimum absolute atomic E-state index is 0.0607. The molecule has 2 aliphatic heterocycles. The lowest BCUT2D eigenvalue weighted by Crippen LogP contribution is -2.46. The summed E-state index contributed by atoms with van der Waals surface area (Å²) in [7, 11) is 0. The van der Waals surface area contributed by atoms with Crippen molar-refractivity contribution in [2.75, 3.05) is 37.6 Å². The molecule has 5 rings (SSSR count). The van der Waals surface area contributed by atoms with Crippen molar-refractivity contribution in [3.05, 3.63) is 60.2 Å². The highest BCUT2D eigenvalue weighted by Gasteiger charge is 2.30. The van der Waals surface area contributed by atoms with Gasteiger partial charge < -0.3 is 19.9 Å². The molecule has 2 aromatic carbocycles. The van der Waals surface area contributed by atoms with E-state index in [0.29, 0.717) is 6.10 Å². The highest BCUT2D eigenvalue weighted by Crippen LogP contribution is 2.27. The molecule has 32 heavy (non-hydrogen) atoms. The molecule has 5 heteroatoms. The van der Waals surface area contributed by atoms with Crippen LogP contribution in [0.15, 0.2) is 54.6 Å². The third-order valence-corrected chi connectivity index (χ3v) is 6.94. The van der Waals surface area contributed by atoms with Crippen LogP contribution >= 0.6 is 0 Å². The van der Waals surface area contributed by atoms with Crippen LogP contribution < -0.4 is 15.0 Å². The van der Waals surface area contributed by atoms with Crippen molar-refractivity contribution in [2.24, 2.45) is 5.92 Å². The van der Waals surface area contributed by atoms with Gasteiger partial charge in [-0.05, 0) is 81.4 Å². The number of anilines is 1. The molecule has 170 valence electrons. The Hall–Kier alpha value is -2.53. The highest BCUT2D eigenvalue weighted by molar-refractivity contribution is 5.80. The van der Waals surface area contributed by atoms with Crippen LogP contribution in [0.2, 0.25) is 0 Å². The fourth-order valence-electron chi connectivity index (χ4n) is 4.97. The summed E-state index contributed by atoms with van der Waals surface area (Å²) in [4.78, 5) is 18.0. The molecule has 2 saturated heterocycles. The first-order valence-corrected chi connectivity index (χ1v) is 12.3. The summed E-state index contributed by atoms with van der Waals surface area (Å²) in [6, 6.07) is 19.1. The Labute approximate surface area is 191 Å². The Morgan fingerprint density at radius 2 is 1.72 bits per heavy atom. The van der Waals surface area contributed by atoms with E-state index in [1.165, 1.54) is 36.9 Å².